The van der Waals surface area contributed by atoms with Gasteiger partial charge in [-0.2, -0.15) is 0 Å². The second kappa shape index (κ2) is 6.91. The highest BCUT2D eigenvalue weighted by molar-refractivity contribution is 6.05. The highest BCUT2D eigenvalue weighted by atomic mass is 16.5. The van der Waals surface area contributed by atoms with Gasteiger partial charge in [0.05, 0.1) is 31.3 Å². The third-order valence-corrected chi connectivity index (χ3v) is 9.40. The van der Waals surface area contributed by atoms with Crippen molar-refractivity contribution >= 4 is 11.6 Å². The van der Waals surface area contributed by atoms with E-state index in [1.54, 1.807) is 14.1 Å². The smallest absolute Gasteiger partial charge is 0.251 e. The van der Waals surface area contributed by atoms with Gasteiger partial charge < -0.3 is 19.9 Å². The van der Waals surface area contributed by atoms with Gasteiger partial charge in [-0.3, -0.25) is 4.79 Å². The van der Waals surface area contributed by atoms with Gasteiger partial charge in [0.25, 0.3) is 5.91 Å². The van der Waals surface area contributed by atoms with Crippen LogP contribution in [0.15, 0.2) is 65.3 Å². The zero-order chi connectivity index (χ0) is 23.1. The van der Waals surface area contributed by atoms with E-state index in [0.29, 0.717) is 0 Å². The van der Waals surface area contributed by atoms with E-state index in [0.717, 1.165) is 56.2 Å². The number of hydrogen-bond acceptors (Lipinski definition) is 3. The van der Waals surface area contributed by atoms with E-state index in [1.165, 1.54) is 11.1 Å². The number of carbonyl (C=O) groups is 1. The van der Waals surface area contributed by atoms with Crippen LogP contribution >= 0.6 is 0 Å². The molecule has 0 radical (unpaired) electrons. The van der Waals surface area contributed by atoms with Crippen molar-refractivity contribution in [1.82, 2.24) is 0 Å². The standard InChI is InChI=1S/C28H34N2O3/c1-26-14-13-20-17-19-9-10-22(30(2,3)32)18-27(19)15-16-28(20,33-27)24(26)12-11-23(26)25(31)29-21-7-5-4-6-8-21/h4-8,11,13,17,22,24H,9-10,12,14-16,18H2,1-3H3,(H,29,31)/t22-,24-,26-,27-,28-/m1/s1. The van der Waals surface area contributed by atoms with Crippen LogP contribution in [-0.4, -0.2) is 41.9 Å². The molecule has 5 heteroatoms. The number of allylic oxidation sites excluding steroid dienone is 2. The molecule has 3 aliphatic carbocycles. The van der Waals surface area contributed by atoms with Crippen LogP contribution in [0.4, 0.5) is 5.69 Å². The summed E-state index contributed by atoms with van der Waals surface area (Å²) in [6, 6.07) is 9.76. The van der Waals surface area contributed by atoms with Gasteiger partial charge in [0.1, 0.15) is 0 Å². The third kappa shape index (κ3) is 2.99. The molecule has 6 rings (SSSR count). The number of carbonyl (C=O) groups excluding carboxylic acids is 1. The quantitative estimate of drug-likeness (QED) is 0.509. The molecule has 5 atom stereocenters. The second-order valence-electron chi connectivity index (χ2n) is 11.5. The van der Waals surface area contributed by atoms with Crippen molar-refractivity contribution in [3.05, 3.63) is 70.5 Å². The minimum absolute atomic E-state index is 0.00216. The van der Waals surface area contributed by atoms with Crippen molar-refractivity contribution in [2.24, 2.45) is 11.3 Å². The fourth-order valence-electron chi connectivity index (χ4n) is 7.57. The molecule has 174 valence electrons. The zero-order valence-electron chi connectivity index (χ0n) is 19.9. The van der Waals surface area contributed by atoms with Crippen molar-refractivity contribution in [2.45, 2.75) is 69.1 Å². The molecule has 1 amide bonds. The Morgan fingerprint density at radius 3 is 2.73 bits per heavy atom. The lowest BCUT2D eigenvalue weighted by Crippen LogP contribution is -2.57. The number of benzene rings is 1. The lowest BCUT2D eigenvalue weighted by atomic mass is 9.59. The number of ether oxygens (including phenoxy) is 1. The minimum atomic E-state index is -0.344. The first-order valence-corrected chi connectivity index (χ1v) is 12.4. The fraction of sp³-hybridized carbons (Fsp3) is 0.536. The third-order valence-electron chi connectivity index (χ3n) is 9.40. The van der Waals surface area contributed by atoms with Crippen molar-refractivity contribution in [3.63, 3.8) is 0 Å². The highest BCUT2D eigenvalue weighted by Crippen LogP contribution is 2.66. The molecule has 2 heterocycles. The van der Waals surface area contributed by atoms with Crippen LogP contribution in [0.3, 0.4) is 0 Å². The summed E-state index contributed by atoms with van der Waals surface area (Å²) in [5, 5.41) is 15.9. The van der Waals surface area contributed by atoms with Gasteiger partial charge in [-0.15, -0.1) is 0 Å². The molecule has 5 aliphatic rings. The van der Waals surface area contributed by atoms with Crippen molar-refractivity contribution in [1.29, 1.82) is 0 Å². The van der Waals surface area contributed by atoms with E-state index in [4.69, 9.17) is 4.74 Å². The van der Waals surface area contributed by atoms with Crippen LogP contribution in [0.1, 0.15) is 51.9 Å². The number of nitrogens with zero attached hydrogens (tertiary/aromatic N) is 1. The number of hydroxylamine groups is 3. The van der Waals surface area contributed by atoms with E-state index in [-0.39, 0.29) is 39.1 Å². The van der Waals surface area contributed by atoms with Crippen molar-refractivity contribution in [2.75, 3.05) is 19.4 Å². The first-order valence-electron chi connectivity index (χ1n) is 12.4. The van der Waals surface area contributed by atoms with Gasteiger partial charge >= 0.3 is 0 Å². The first-order chi connectivity index (χ1) is 15.7. The van der Waals surface area contributed by atoms with E-state index in [1.807, 2.05) is 30.3 Å². The number of para-hydroxylation sites is 1. The SMILES string of the molecule is C[C@]12CC=C3C=C4CC[C@@H]([N+](C)(C)[O-])C[C@]45CC[C@]3(O5)[C@@H]1CC=C2C(=O)Nc1ccccc1. The summed E-state index contributed by atoms with van der Waals surface area (Å²) in [6.07, 6.45) is 13.3. The Morgan fingerprint density at radius 2 is 1.97 bits per heavy atom. The first kappa shape index (κ1) is 21.3. The van der Waals surface area contributed by atoms with Crippen molar-refractivity contribution < 1.29 is 14.2 Å². The maximum Gasteiger partial charge on any atom is 0.251 e. The summed E-state index contributed by atoms with van der Waals surface area (Å²) >= 11 is 0. The van der Waals surface area contributed by atoms with E-state index >= 15 is 0 Å². The molecule has 1 N–H and O–H groups in total. The number of nitrogens with one attached hydrogen (secondary N) is 1. The summed E-state index contributed by atoms with van der Waals surface area (Å²) in [5.41, 5.74) is 3.54. The highest BCUT2D eigenvalue weighted by Gasteiger charge is 2.66. The Labute approximate surface area is 196 Å². The van der Waals surface area contributed by atoms with Crippen LogP contribution in [0, 0.1) is 16.5 Å². The van der Waals surface area contributed by atoms with Gasteiger partial charge in [0, 0.05) is 35.4 Å². The molecule has 2 bridgehead atoms. The molecule has 2 fully saturated rings. The zero-order valence-corrected chi connectivity index (χ0v) is 19.9. The molecule has 2 aliphatic heterocycles. The summed E-state index contributed by atoms with van der Waals surface area (Å²) in [5.74, 6) is 0.246. The summed E-state index contributed by atoms with van der Waals surface area (Å²) in [6.45, 7) is 2.25. The molecule has 1 aromatic rings. The van der Waals surface area contributed by atoms with Crippen LogP contribution in [-0.2, 0) is 9.53 Å². The molecule has 5 nitrogen and oxygen atoms in total. The largest absolute Gasteiger partial charge is 0.633 e. The monoisotopic (exact) mass is 446 g/mol. The predicted molar refractivity (Wildman–Crippen MR) is 129 cm³/mol. The van der Waals surface area contributed by atoms with E-state index in [2.05, 4.69) is 30.5 Å². The number of rotatable bonds is 3. The number of quaternary nitrogens is 1. The van der Waals surface area contributed by atoms with Gasteiger partial charge in [0.15, 0.2) is 0 Å². The molecular formula is C28H34N2O3. The number of anilines is 1. The molecule has 1 aromatic carbocycles. The van der Waals surface area contributed by atoms with Gasteiger partial charge in [-0.25, -0.2) is 0 Å². The van der Waals surface area contributed by atoms with Crippen LogP contribution in [0.25, 0.3) is 0 Å². The molecule has 0 aromatic heterocycles. The second-order valence-corrected chi connectivity index (χ2v) is 11.5. The summed E-state index contributed by atoms with van der Waals surface area (Å²) < 4.78 is 6.93. The predicted octanol–water partition coefficient (Wildman–Crippen LogP) is 5.26. The summed E-state index contributed by atoms with van der Waals surface area (Å²) in [7, 11) is 3.54. The van der Waals surface area contributed by atoms with E-state index < -0.39 is 0 Å². The normalized spacial score (nSPS) is 39.0. The van der Waals surface area contributed by atoms with Crippen LogP contribution in [0.5, 0.6) is 0 Å². The molecule has 1 saturated heterocycles. The Bertz CT molecular complexity index is 1100. The number of hydrogen-bond donors (Lipinski definition) is 1. The molecule has 2 spiro atoms. The lowest BCUT2D eigenvalue weighted by molar-refractivity contribution is -0.869. The van der Waals surface area contributed by atoms with E-state index in [9.17, 15) is 10.0 Å². The Kier molecular flexibility index (Phi) is 4.46. The minimum Gasteiger partial charge on any atom is -0.633 e. The maximum atomic E-state index is 13.3. The fourth-order valence-corrected chi connectivity index (χ4v) is 7.57. The molecule has 33 heavy (non-hydrogen) atoms. The summed E-state index contributed by atoms with van der Waals surface area (Å²) in [4.78, 5) is 13.3. The van der Waals surface area contributed by atoms with Crippen LogP contribution < -0.4 is 5.32 Å². The van der Waals surface area contributed by atoms with Crippen molar-refractivity contribution in [3.8, 4) is 0 Å². The van der Waals surface area contributed by atoms with Gasteiger partial charge in [0.2, 0.25) is 0 Å². The number of amides is 1. The molecular weight excluding hydrogens is 412 g/mol. The van der Waals surface area contributed by atoms with Gasteiger partial charge in [-0.05, 0) is 55.4 Å². The Balaban J connectivity index is 1.32. The topological polar surface area (TPSA) is 61.4 Å². The van der Waals surface area contributed by atoms with Crippen LogP contribution in [0.2, 0.25) is 0 Å². The average Bonchev–Trinajstić information content (AvgIpc) is 3.29. The maximum absolute atomic E-state index is 13.3. The number of fused-ring (bicyclic) bond motifs is 1. The van der Waals surface area contributed by atoms with Gasteiger partial charge in [-0.1, -0.05) is 43.4 Å². The average molecular weight is 447 g/mol. The lowest BCUT2D eigenvalue weighted by Gasteiger charge is -2.55. The Hall–Kier alpha value is -2.21. The Morgan fingerprint density at radius 1 is 1.18 bits per heavy atom. The molecule has 1 saturated carbocycles. The molecule has 0 unspecified atom stereocenters.